The van der Waals surface area contributed by atoms with Crippen LogP contribution in [0, 0.1) is 0 Å². The van der Waals surface area contributed by atoms with Crippen LogP contribution in [0.5, 0.6) is 5.75 Å². The third kappa shape index (κ3) is 5.42. The topological polar surface area (TPSA) is 82.5 Å². The smallest absolute Gasteiger partial charge is 0.272 e. The summed E-state index contributed by atoms with van der Waals surface area (Å²) in [4.78, 5) is 24.2. The first-order valence-electron chi connectivity index (χ1n) is 8.55. The number of ether oxygens (including phenoxy) is 2. The minimum atomic E-state index is -0.342. The molecule has 26 heavy (non-hydrogen) atoms. The summed E-state index contributed by atoms with van der Waals surface area (Å²) in [6, 6.07) is 10.1. The molecule has 0 saturated carbocycles. The minimum absolute atomic E-state index is 0.109. The quantitative estimate of drug-likeness (QED) is 0.781. The van der Waals surface area contributed by atoms with E-state index in [4.69, 9.17) is 9.47 Å². The first-order valence-corrected chi connectivity index (χ1v) is 8.55. The van der Waals surface area contributed by atoms with Gasteiger partial charge in [0.15, 0.2) is 0 Å². The molecule has 7 heteroatoms. The Morgan fingerprint density at radius 2 is 1.85 bits per heavy atom. The lowest BCUT2D eigenvalue weighted by Crippen LogP contribution is -2.31. The van der Waals surface area contributed by atoms with E-state index >= 15 is 0 Å². The number of hydrogen-bond acceptors (Lipinski definition) is 5. The molecule has 1 amide bonds. The first kappa shape index (κ1) is 19.7. The van der Waals surface area contributed by atoms with E-state index in [1.807, 2.05) is 45.0 Å². The number of carbonyl (C=O) groups excluding carboxylic acids is 1. The Kier molecular flexibility index (Phi) is 6.91. The van der Waals surface area contributed by atoms with E-state index in [1.165, 1.54) is 16.8 Å². The average molecular weight is 359 g/mol. The molecule has 7 nitrogen and oxygen atoms in total. The van der Waals surface area contributed by atoms with Crippen molar-refractivity contribution in [3.63, 3.8) is 0 Å². The van der Waals surface area contributed by atoms with Crippen molar-refractivity contribution in [1.29, 1.82) is 0 Å². The average Bonchev–Trinajstić information content (AvgIpc) is 2.61. The lowest BCUT2D eigenvalue weighted by atomic mass is 10.1. The molecule has 1 N–H and O–H groups in total. The summed E-state index contributed by atoms with van der Waals surface area (Å²) in [5.74, 6) is 0.445. The molecule has 2 aromatic rings. The van der Waals surface area contributed by atoms with E-state index in [0.29, 0.717) is 13.2 Å². The molecule has 1 aromatic carbocycles. The molecule has 0 saturated heterocycles. The molecule has 1 aromatic heterocycles. The maximum atomic E-state index is 12.4. The van der Waals surface area contributed by atoms with Crippen molar-refractivity contribution in [3.8, 4) is 5.75 Å². The van der Waals surface area contributed by atoms with E-state index in [2.05, 4.69) is 10.4 Å². The van der Waals surface area contributed by atoms with Crippen LogP contribution in [-0.2, 0) is 11.3 Å². The van der Waals surface area contributed by atoms with Gasteiger partial charge in [-0.1, -0.05) is 12.1 Å². The maximum absolute atomic E-state index is 12.4. The van der Waals surface area contributed by atoms with Gasteiger partial charge in [-0.25, -0.2) is 4.68 Å². The second kappa shape index (κ2) is 9.15. The van der Waals surface area contributed by atoms with Crippen LogP contribution in [0.15, 0.2) is 41.2 Å². The van der Waals surface area contributed by atoms with Crippen LogP contribution in [0.3, 0.4) is 0 Å². The molecule has 140 valence electrons. The van der Waals surface area contributed by atoms with Gasteiger partial charge < -0.3 is 14.8 Å². The van der Waals surface area contributed by atoms with E-state index < -0.39 is 0 Å². The fourth-order valence-corrected chi connectivity index (χ4v) is 2.37. The number of aromatic nitrogens is 2. The summed E-state index contributed by atoms with van der Waals surface area (Å²) in [6.45, 7) is 6.46. The van der Waals surface area contributed by atoms with Gasteiger partial charge in [0.1, 0.15) is 11.4 Å². The molecule has 2 rings (SSSR count). The fourth-order valence-electron chi connectivity index (χ4n) is 2.37. The van der Waals surface area contributed by atoms with Crippen LogP contribution < -0.4 is 15.6 Å². The van der Waals surface area contributed by atoms with Crippen LogP contribution in [0.4, 0.5) is 0 Å². The van der Waals surface area contributed by atoms with Crippen molar-refractivity contribution in [2.24, 2.45) is 0 Å². The number of rotatable bonds is 8. The monoisotopic (exact) mass is 359 g/mol. The van der Waals surface area contributed by atoms with Gasteiger partial charge in [-0.2, -0.15) is 5.10 Å². The largest absolute Gasteiger partial charge is 0.491 e. The Bertz CT molecular complexity index is 784. The van der Waals surface area contributed by atoms with Crippen LogP contribution in [0.2, 0.25) is 0 Å². The van der Waals surface area contributed by atoms with Crippen LogP contribution in [0.25, 0.3) is 0 Å². The highest BCUT2D eigenvalue weighted by Gasteiger charge is 2.14. The lowest BCUT2D eigenvalue weighted by Gasteiger charge is -2.16. The summed E-state index contributed by atoms with van der Waals surface area (Å²) < 4.78 is 11.8. The molecule has 1 atom stereocenters. The molecule has 0 bridgehead atoms. The fraction of sp³-hybridized carbons (Fsp3) is 0.421. The third-order valence-corrected chi connectivity index (χ3v) is 3.71. The highest BCUT2D eigenvalue weighted by Crippen LogP contribution is 2.18. The van der Waals surface area contributed by atoms with E-state index in [9.17, 15) is 9.59 Å². The Morgan fingerprint density at radius 1 is 1.15 bits per heavy atom. The Hall–Kier alpha value is -2.67. The van der Waals surface area contributed by atoms with Gasteiger partial charge in [0.25, 0.3) is 11.5 Å². The molecule has 0 aliphatic carbocycles. The standard InChI is InChI=1S/C19H25N3O4/c1-13(2)26-16-7-5-15(6-8-16)14(3)20-19(24)17-9-10-18(23)22(21-17)11-12-25-4/h5-10,13-14H,11-12H2,1-4H3,(H,20,24). The molecule has 1 unspecified atom stereocenters. The predicted molar refractivity (Wildman–Crippen MR) is 98.5 cm³/mol. The maximum Gasteiger partial charge on any atom is 0.272 e. The number of hydrogen-bond donors (Lipinski definition) is 1. The van der Waals surface area contributed by atoms with Crippen molar-refractivity contribution in [2.75, 3.05) is 13.7 Å². The van der Waals surface area contributed by atoms with E-state index in [0.717, 1.165) is 11.3 Å². The van der Waals surface area contributed by atoms with Crippen molar-refractivity contribution < 1.29 is 14.3 Å². The van der Waals surface area contributed by atoms with Gasteiger partial charge in [-0.3, -0.25) is 9.59 Å². The normalized spacial score (nSPS) is 12.0. The van der Waals surface area contributed by atoms with Gasteiger partial charge in [-0.15, -0.1) is 0 Å². The van der Waals surface area contributed by atoms with Crippen molar-refractivity contribution in [1.82, 2.24) is 15.1 Å². The number of amides is 1. The Balaban J connectivity index is 2.05. The summed E-state index contributed by atoms with van der Waals surface area (Å²) in [5.41, 5.74) is 0.863. The summed E-state index contributed by atoms with van der Waals surface area (Å²) >= 11 is 0. The molecular weight excluding hydrogens is 334 g/mol. The highest BCUT2D eigenvalue weighted by atomic mass is 16.5. The van der Waals surface area contributed by atoms with Gasteiger partial charge in [0, 0.05) is 13.2 Å². The second-order valence-corrected chi connectivity index (χ2v) is 6.20. The molecule has 0 fully saturated rings. The lowest BCUT2D eigenvalue weighted by molar-refractivity contribution is 0.0931. The van der Waals surface area contributed by atoms with Gasteiger partial charge >= 0.3 is 0 Å². The first-order chi connectivity index (χ1) is 12.4. The van der Waals surface area contributed by atoms with Crippen LogP contribution >= 0.6 is 0 Å². The zero-order valence-corrected chi connectivity index (χ0v) is 15.6. The molecule has 0 radical (unpaired) electrons. The Labute approximate surface area is 152 Å². The van der Waals surface area contributed by atoms with Crippen LogP contribution in [-0.4, -0.2) is 35.5 Å². The predicted octanol–water partition coefficient (Wildman–Crippen LogP) is 2.17. The number of benzene rings is 1. The number of carbonyl (C=O) groups is 1. The summed E-state index contributed by atoms with van der Waals surface area (Å²) in [6.07, 6.45) is 0.109. The van der Waals surface area contributed by atoms with Gasteiger partial charge in [0.05, 0.1) is 25.3 Å². The molecule has 0 spiro atoms. The van der Waals surface area contributed by atoms with Crippen molar-refractivity contribution in [3.05, 3.63) is 58.0 Å². The van der Waals surface area contributed by atoms with E-state index in [1.54, 1.807) is 7.11 Å². The van der Waals surface area contributed by atoms with Gasteiger partial charge in [-0.05, 0) is 44.5 Å². The molecular formula is C19H25N3O4. The van der Waals surface area contributed by atoms with Gasteiger partial charge in [0.2, 0.25) is 0 Å². The molecule has 1 heterocycles. The number of nitrogens with zero attached hydrogens (tertiary/aromatic N) is 2. The Morgan fingerprint density at radius 3 is 2.46 bits per heavy atom. The minimum Gasteiger partial charge on any atom is -0.491 e. The SMILES string of the molecule is COCCn1nc(C(=O)NC(C)c2ccc(OC(C)C)cc2)ccc1=O. The zero-order chi connectivity index (χ0) is 19.1. The van der Waals surface area contributed by atoms with Crippen molar-refractivity contribution >= 4 is 5.91 Å². The number of methoxy groups -OCH3 is 1. The van der Waals surface area contributed by atoms with Crippen LogP contribution in [0.1, 0.15) is 42.9 Å². The third-order valence-electron chi connectivity index (χ3n) is 3.71. The summed E-state index contributed by atoms with van der Waals surface area (Å²) in [5, 5.41) is 6.98. The molecule has 0 aliphatic heterocycles. The van der Waals surface area contributed by atoms with E-state index in [-0.39, 0.29) is 29.3 Å². The van der Waals surface area contributed by atoms with Crippen molar-refractivity contribution in [2.45, 2.75) is 39.5 Å². The highest BCUT2D eigenvalue weighted by molar-refractivity contribution is 5.92. The zero-order valence-electron chi connectivity index (χ0n) is 15.6. The summed E-state index contributed by atoms with van der Waals surface area (Å²) in [7, 11) is 1.54. The number of nitrogens with one attached hydrogen (secondary N) is 1. The second-order valence-electron chi connectivity index (χ2n) is 6.20. The molecule has 0 aliphatic rings.